The van der Waals surface area contributed by atoms with Crippen molar-refractivity contribution in [3.8, 4) is 6.01 Å². The minimum atomic E-state index is -0.397. The van der Waals surface area contributed by atoms with Gasteiger partial charge in [0.1, 0.15) is 11.9 Å². The fraction of sp³-hybridized carbons (Fsp3) is 0.389. The van der Waals surface area contributed by atoms with Crippen molar-refractivity contribution >= 4 is 5.91 Å². The number of nitrogens with zero attached hydrogens (tertiary/aromatic N) is 3. The molecule has 0 bridgehead atoms. The standard InChI is InChI=1S/C18H20FN3O2/c1-2-13-11-20-18(21-12-13)24-16-6-8-22(9-7-16)17(23)14-4-3-5-15(19)10-14/h3-5,10-12,16H,2,6-9H2,1H3. The SMILES string of the molecule is CCc1cnc(OC2CCN(C(=O)c3cccc(F)c3)CC2)nc1. The Kier molecular flexibility index (Phi) is 5.03. The number of benzene rings is 1. The molecule has 0 spiro atoms. The summed E-state index contributed by atoms with van der Waals surface area (Å²) in [4.78, 5) is 22.5. The van der Waals surface area contributed by atoms with Gasteiger partial charge in [-0.3, -0.25) is 4.79 Å². The van der Waals surface area contributed by atoms with Crippen molar-refractivity contribution in [2.24, 2.45) is 0 Å². The lowest BCUT2D eigenvalue weighted by atomic mass is 10.1. The molecule has 0 unspecified atom stereocenters. The molecule has 2 heterocycles. The summed E-state index contributed by atoms with van der Waals surface area (Å²) < 4.78 is 19.0. The lowest BCUT2D eigenvalue weighted by molar-refractivity contribution is 0.0578. The molecule has 1 saturated heterocycles. The number of carbonyl (C=O) groups excluding carboxylic acids is 1. The first-order chi connectivity index (χ1) is 11.7. The average molecular weight is 329 g/mol. The smallest absolute Gasteiger partial charge is 0.316 e. The van der Waals surface area contributed by atoms with Crippen molar-refractivity contribution in [1.29, 1.82) is 0 Å². The number of piperidine rings is 1. The third kappa shape index (κ3) is 3.88. The van der Waals surface area contributed by atoms with Crippen molar-refractivity contribution in [3.63, 3.8) is 0 Å². The van der Waals surface area contributed by atoms with Gasteiger partial charge in [-0.2, -0.15) is 0 Å². The van der Waals surface area contributed by atoms with Crippen LogP contribution in [0.25, 0.3) is 0 Å². The maximum atomic E-state index is 13.2. The largest absolute Gasteiger partial charge is 0.460 e. The lowest BCUT2D eigenvalue weighted by Crippen LogP contribution is -2.42. The summed E-state index contributed by atoms with van der Waals surface area (Å²) in [5.41, 5.74) is 1.45. The highest BCUT2D eigenvalue weighted by molar-refractivity contribution is 5.94. The first-order valence-corrected chi connectivity index (χ1v) is 8.18. The fourth-order valence-electron chi connectivity index (χ4n) is 2.72. The molecular weight excluding hydrogens is 309 g/mol. The van der Waals surface area contributed by atoms with Gasteiger partial charge in [0, 0.05) is 43.9 Å². The Bertz CT molecular complexity index is 698. The number of halogens is 1. The molecule has 0 saturated carbocycles. The summed E-state index contributed by atoms with van der Waals surface area (Å²) in [6.07, 6.45) is 5.84. The van der Waals surface area contributed by atoms with Crippen LogP contribution in [0.4, 0.5) is 4.39 Å². The first kappa shape index (κ1) is 16.4. The van der Waals surface area contributed by atoms with E-state index < -0.39 is 5.82 Å². The van der Waals surface area contributed by atoms with Crippen molar-refractivity contribution in [2.45, 2.75) is 32.3 Å². The summed E-state index contributed by atoms with van der Waals surface area (Å²) in [5, 5.41) is 0. The zero-order chi connectivity index (χ0) is 16.9. The van der Waals surface area contributed by atoms with Crippen LogP contribution >= 0.6 is 0 Å². The van der Waals surface area contributed by atoms with Crippen LogP contribution in [0.15, 0.2) is 36.7 Å². The quantitative estimate of drug-likeness (QED) is 0.865. The Morgan fingerprint density at radius 2 is 2.00 bits per heavy atom. The first-order valence-electron chi connectivity index (χ1n) is 8.18. The average Bonchev–Trinajstić information content (AvgIpc) is 2.62. The van der Waals surface area contributed by atoms with E-state index in [1.54, 1.807) is 29.4 Å². The van der Waals surface area contributed by atoms with Gasteiger partial charge in [0.15, 0.2) is 0 Å². The number of aryl methyl sites for hydroxylation is 1. The topological polar surface area (TPSA) is 55.3 Å². The normalized spacial score (nSPS) is 15.3. The molecule has 2 aromatic rings. The van der Waals surface area contributed by atoms with Crippen LogP contribution in [0.5, 0.6) is 6.01 Å². The maximum absolute atomic E-state index is 13.2. The van der Waals surface area contributed by atoms with E-state index in [2.05, 4.69) is 9.97 Å². The molecule has 1 aromatic heterocycles. The number of rotatable bonds is 4. The molecule has 1 amide bonds. The van der Waals surface area contributed by atoms with Crippen LogP contribution in [-0.4, -0.2) is 40.0 Å². The zero-order valence-electron chi connectivity index (χ0n) is 13.6. The Morgan fingerprint density at radius 1 is 1.29 bits per heavy atom. The second-order valence-corrected chi connectivity index (χ2v) is 5.85. The van der Waals surface area contributed by atoms with E-state index in [1.807, 2.05) is 6.92 Å². The van der Waals surface area contributed by atoms with Gasteiger partial charge in [0.25, 0.3) is 5.91 Å². The van der Waals surface area contributed by atoms with Crippen molar-refractivity contribution in [3.05, 3.63) is 53.6 Å². The molecule has 1 fully saturated rings. The second-order valence-electron chi connectivity index (χ2n) is 5.85. The van der Waals surface area contributed by atoms with Gasteiger partial charge < -0.3 is 9.64 Å². The molecule has 5 nitrogen and oxygen atoms in total. The number of carbonyl (C=O) groups is 1. The van der Waals surface area contributed by atoms with Crippen molar-refractivity contribution < 1.29 is 13.9 Å². The molecule has 6 heteroatoms. The van der Waals surface area contributed by atoms with Crippen molar-refractivity contribution in [2.75, 3.05) is 13.1 Å². The number of ether oxygens (including phenoxy) is 1. The molecule has 1 aliphatic rings. The monoisotopic (exact) mass is 329 g/mol. The summed E-state index contributed by atoms with van der Waals surface area (Å²) in [6, 6.07) is 6.17. The number of hydrogen-bond donors (Lipinski definition) is 0. The Labute approximate surface area is 140 Å². The predicted molar refractivity (Wildman–Crippen MR) is 87.4 cm³/mol. The molecule has 1 aromatic carbocycles. The van der Waals surface area contributed by atoms with Gasteiger partial charge >= 0.3 is 6.01 Å². The minimum Gasteiger partial charge on any atom is -0.460 e. The van der Waals surface area contributed by atoms with Crippen LogP contribution in [0.1, 0.15) is 35.7 Å². The van der Waals surface area contributed by atoms with Crippen LogP contribution < -0.4 is 4.74 Å². The second kappa shape index (κ2) is 7.38. The highest BCUT2D eigenvalue weighted by atomic mass is 19.1. The number of hydrogen-bond acceptors (Lipinski definition) is 4. The summed E-state index contributed by atoms with van der Waals surface area (Å²) in [5.74, 6) is -0.539. The van der Waals surface area contributed by atoms with E-state index in [0.29, 0.717) is 37.5 Å². The van der Waals surface area contributed by atoms with E-state index >= 15 is 0 Å². The van der Waals surface area contributed by atoms with Gasteiger partial charge in [-0.1, -0.05) is 13.0 Å². The van der Waals surface area contributed by atoms with Gasteiger partial charge in [0.2, 0.25) is 0 Å². The van der Waals surface area contributed by atoms with E-state index in [1.165, 1.54) is 12.1 Å². The van der Waals surface area contributed by atoms with E-state index in [4.69, 9.17) is 4.74 Å². The molecule has 0 N–H and O–H groups in total. The highest BCUT2D eigenvalue weighted by Gasteiger charge is 2.25. The van der Waals surface area contributed by atoms with Crippen LogP contribution in [-0.2, 0) is 6.42 Å². The molecule has 0 radical (unpaired) electrons. The van der Waals surface area contributed by atoms with Gasteiger partial charge in [0.05, 0.1) is 0 Å². The molecule has 126 valence electrons. The number of amides is 1. The van der Waals surface area contributed by atoms with Gasteiger partial charge in [-0.05, 0) is 30.2 Å². The molecule has 0 aliphatic carbocycles. The predicted octanol–water partition coefficient (Wildman–Crippen LogP) is 2.86. The third-order valence-electron chi connectivity index (χ3n) is 4.16. The molecule has 24 heavy (non-hydrogen) atoms. The van der Waals surface area contributed by atoms with E-state index in [-0.39, 0.29) is 12.0 Å². The van der Waals surface area contributed by atoms with E-state index in [0.717, 1.165) is 12.0 Å². The number of likely N-dealkylation sites (tertiary alicyclic amines) is 1. The minimum absolute atomic E-state index is 0.00552. The highest BCUT2D eigenvalue weighted by Crippen LogP contribution is 2.18. The summed E-state index contributed by atoms with van der Waals surface area (Å²) in [7, 11) is 0. The molecule has 3 rings (SSSR count). The van der Waals surface area contributed by atoms with Crippen LogP contribution in [0, 0.1) is 5.82 Å². The fourth-order valence-corrected chi connectivity index (χ4v) is 2.72. The van der Waals surface area contributed by atoms with Gasteiger partial charge in [-0.15, -0.1) is 0 Å². The van der Waals surface area contributed by atoms with Crippen LogP contribution in [0.2, 0.25) is 0 Å². The molecule has 1 aliphatic heterocycles. The molecule has 0 atom stereocenters. The Balaban J connectivity index is 1.54. The van der Waals surface area contributed by atoms with E-state index in [9.17, 15) is 9.18 Å². The van der Waals surface area contributed by atoms with Crippen LogP contribution in [0.3, 0.4) is 0 Å². The Hall–Kier alpha value is -2.50. The zero-order valence-corrected chi connectivity index (χ0v) is 13.6. The summed E-state index contributed by atoms with van der Waals surface area (Å²) in [6.45, 7) is 3.20. The lowest BCUT2D eigenvalue weighted by Gasteiger charge is -2.31. The summed E-state index contributed by atoms with van der Waals surface area (Å²) >= 11 is 0. The molecular formula is C18H20FN3O2. The maximum Gasteiger partial charge on any atom is 0.316 e. The van der Waals surface area contributed by atoms with Gasteiger partial charge in [-0.25, -0.2) is 14.4 Å². The number of aromatic nitrogens is 2. The third-order valence-corrected chi connectivity index (χ3v) is 4.16. The van der Waals surface area contributed by atoms with Crippen molar-refractivity contribution in [1.82, 2.24) is 14.9 Å². The Morgan fingerprint density at radius 3 is 2.62 bits per heavy atom.